The van der Waals surface area contributed by atoms with Crippen LogP contribution in [0.1, 0.15) is 31.2 Å². The third-order valence-corrected chi connectivity index (χ3v) is 6.89. The number of aryl methyl sites for hydroxylation is 1. The Balaban J connectivity index is 1.35. The van der Waals surface area contributed by atoms with Gasteiger partial charge in [-0.25, -0.2) is 14.4 Å². The van der Waals surface area contributed by atoms with Crippen LogP contribution in [0.4, 0.5) is 15.9 Å². The lowest BCUT2D eigenvalue weighted by Gasteiger charge is -2.38. The third-order valence-electron chi connectivity index (χ3n) is 6.89. The first kappa shape index (κ1) is 23.3. The van der Waals surface area contributed by atoms with E-state index in [1.54, 1.807) is 32.2 Å². The minimum absolute atomic E-state index is 0.0477. The summed E-state index contributed by atoms with van der Waals surface area (Å²) < 4.78 is 26.6. The second-order valence-electron chi connectivity index (χ2n) is 9.17. The predicted octanol–water partition coefficient (Wildman–Crippen LogP) is 3.95. The molecule has 1 saturated carbocycles. The molecule has 8 nitrogen and oxygen atoms in total. The number of benzene rings is 2. The number of amides is 1. The van der Waals surface area contributed by atoms with Crippen LogP contribution in [0, 0.1) is 12.7 Å². The summed E-state index contributed by atoms with van der Waals surface area (Å²) in [6.07, 6.45) is 5.25. The Kier molecular flexibility index (Phi) is 6.68. The fourth-order valence-electron chi connectivity index (χ4n) is 4.96. The van der Waals surface area contributed by atoms with Gasteiger partial charge in [-0.1, -0.05) is 12.1 Å². The molecule has 2 aromatic carbocycles. The van der Waals surface area contributed by atoms with Crippen molar-refractivity contribution in [1.82, 2.24) is 20.2 Å². The molecule has 2 fully saturated rings. The summed E-state index contributed by atoms with van der Waals surface area (Å²) in [5.41, 5.74) is 1.58. The Morgan fingerprint density at radius 1 is 1.14 bits per heavy atom. The zero-order chi connectivity index (χ0) is 24.4. The number of anilines is 2. The molecule has 2 aliphatic rings. The molecule has 2 heterocycles. The van der Waals surface area contributed by atoms with E-state index in [1.807, 2.05) is 12.1 Å². The highest BCUT2D eigenvalue weighted by Gasteiger charge is 2.30. The number of rotatable bonds is 6. The van der Waals surface area contributed by atoms with Crippen LogP contribution in [-0.2, 0) is 4.79 Å². The molecule has 0 atom stereocenters. The molecule has 0 bridgehead atoms. The lowest BCUT2D eigenvalue weighted by Crippen LogP contribution is -2.52. The van der Waals surface area contributed by atoms with Crippen molar-refractivity contribution in [3.05, 3.63) is 48.0 Å². The molecular formula is C26H30FN5O3. The van der Waals surface area contributed by atoms with E-state index in [2.05, 4.69) is 25.5 Å². The molecule has 1 aliphatic carbocycles. The minimum atomic E-state index is -0.313. The number of fused-ring (bicyclic) bond motifs is 1. The standard InChI is InChI=1S/C26H30FN5O3/c1-16-4-3-5-20(25(16)27)31-26-19-12-23(22(34-2)13-21(19)29-15-30-26)35-18-8-6-17(7-9-18)32-11-10-28-24(33)14-32/h3-5,12-13,15,17-18H,6-11,14H2,1-2H3,(H,28,33)(H,29,30,31). The lowest BCUT2D eigenvalue weighted by molar-refractivity contribution is -0.125. The van der Waals surface area contributed by atoms with Crippen LogP contribution >= 0.6 is 0 Å². The monoisotopic (exact) mass is 479 g/mol. The molecule has 3 aromatic rings. The lowest BCUT2D eigenvalue weighted by atomic mass is 9.91. The molecule has 0 spiro atoms. The Hall–Kier alpha value is -3.46. The average molecular weight is 480 g/mol. The summed E-state index contributed by atoms with van der Waals surface area (Å²) in [6.45, 7) is 3.82. The molecule has 35 heavy (non-hydrogen) atoms. The molecule has 9 heteroatoms. The van der Waals surface area contributed by atoms with Crippen molar-refractivity contribution < 1.29 is 18.7 Å². The predicted molar refractivity (Wildman–Crippen MR) is 132 cm³/mol. The molecule has 1 aliphatic heterocycles. The van der Waals surface area contributed by atoms with Crippen LogP contribution in [0.25, 0.3) is 10.9 Å². The summed E-state index contributed by atoms with van der Waals surface area (Å²) in [5.74, 6) is 1.50. The van der Waals surface area contributed by atoms with Gasteiger partial charge in [0.15, 0.2) is 11.5 Å². The fraction of sp³-hybridized carbons (Fsp3) is 0.423. The molecule has 1 saturated heterocycles. The minimum Gasteiger partial charge on any atom is -0.493 e. The number of aromatic nitrogens is 2. The molecule has 1 aromatic heterocycles. The first-order chi connectivity index (χ1) is 17.0. The molecule has 0 unspecified atom stereocenters. The summed E-state index contributed by atoms with van der Waals surface area (Å²) in [5, 5.41) is 6.72. The number of carbonyl (C=O) groups is 1. The van der Waals surface area contributed by atoms with E-state index in [0.717, 1.165) is 37.6 Å². The normalized spacial score (nSPS) is 20.9. The maximum Gasteiger partial charge on any atom is 0.234 e. The third kappa shape index (κ3) is 5.00. The van der Waals surface area contributed by atoms with E-state index in [1.165, 1.54) is 6.33 Å². The number of hydrogen-bond donors (Lipinski definition) is 2. The highest BCUT2D eigenvalue weighted by Crippen LogP contribution is 2.37. The molecule has 1 amide bonds. The first-order valence-electron chi connectivity index (χ1n) is 12.0. The topological polar surface area (TPSA) is 88.6 Å². The molecule has 0 radical (unpaired) electrons. The van der Waals surface area contributed by atoms with Gasteiger partial charge in [-0.15, -0.1) is 0 Å². The van der Waals surface area contributed by atoms with Gasteiger partial charge in [-0.3, -0.25) is 9.69 Å². The van der Waals surface area contributed by atoms with E-state index < -0.39 is 0 Å². The van der Waals surface area contributed by atoms with Gasteiger partial charge in [0.2, 0.25) is 5.91 Å². The van der Waals surface area contributed by atoms with E-state index in [0.29, 0.717) is 53.2 Å². The number of piperazine rings is 1. The summed E-state index contributed by atoms with van der Waals surface area (Å²) in [6, 6.07) is 9.31. The summed E-state index contributed by atoms with van der Waals surface area (Å²) in [7, 11) is 1.61. The van der Waals surface area contributed by atoms with Crippen LogP contribution in [0.15, 0.2) is 36.7 Å². The van der Waals surface area contributed by atoms with E-state index in [4.69, 9.17) is 9.47 Å². The van der Waals surface area contributed by atoms with Crippen molar-refractivity contribution in [1.29, 1.82) is 0 Å². The Morgan fingerprint density at radius 3 is 2.74 bits per heavy atom. The van der Waals surface area contributed by atoms with E-state index in [9.17, 15) is 9.18 Å². The van der Waals surface area contributed by atoms with Gasteiger partial charge < -0.3 is 20.1 Å². The van der Waals surface area contributed by atoms with Crippen molar-refractivity contribution in [2.45, 2.75) is 44.8 Å². The number of halogens is 1. The Labute approximate surface area is 203 Å². The van der Waals surface area contributed by atoms with Gasteiger partial charge in [0.25, 0.3) is 0 Å². The van der Waals surface area contributed by atoms with Crippen molar-refractivity contribution in [2.24, 2.45) is 0 Å². The number of nitrogens with zero attached hydrogens (tertiary/aromatic N) is 3. The highest BCUT2D eigenvalue weighted by molar-refractivity contribution is 5.93. The first-order valence-corrected chi connectivity index (χ1v) is 12.0. The van der Waals surface area contributed by atoms with Crippen molar-refractivity contribution in [3.63, 3.8) is 0 Å². The molecular weight excluding hydrogens is 449 g/mol. The largest absolute Gasteiger partial charge is 0.493 e. The van der Waals surface area contributed by atoms with Gasteiger partial charge >= 0.3 is 0 Å². The quantitative estimate of drug-likeness (QED) is 0.553. The van der Waals surface area contributed by atoms with Crippen LogP contribution < -0.4 is 20.1 Å². The van der Waals surface area contributed by atoms with E-state index in [-0.39, 0.29) is 17.8 Å². The SMILES string of the molecule is COc1cc2ncnc(Nc3cccc(C)c3F)c2cc1OC1CCC(N2CCNC(=O)C2)CC1. The maximum absolute atomic E-state index is 14.6. The van der Waals surface area contributed by atoms with Crippen LogP contribution in [0.5, 0.6) is 11.5 Å². The number of methoxy groups -OCH3 is 1. The zero-order valence-electron chi connectivity index (χ0n) is 20.0. The van der Waals surface area contributed by atoms with Gasteiger partial charge in [0.05, 0.1) is 31.0 Å². The van der Waals surface area contributed by atoms with Crippen LogP contribution in [0.2, 0.25) is 0 Å². The van der Waals surface area contributed by atoms with Crippen molar-refractivity contribution in [2.75, 3.05) is 32.1 Å². The van der Waals surface area contributed by atoms with Crippen molar-refractivity contribution >= 4 is 28.3 Å². The fourth-order valence-corrected chi connectivity index (χ4v) is 4.96. The van der Waals surface area contributed by atoms with Gasteiger partial charge in [-0.2, -0.15) is 0 Å². The average Bonchev–Trinajstić information content (AvgIpc) is 2.87. The number of nitrogens with one attached hydrogen (secondary N) is 2. The van der Waals surface area contributed by atoms with Gasteiger partial charge in [-0.05, 0) is 50.3 Å². The van der Waals surface area contributed by atoms with Crippen molar-refractivity contribution in [3.8, 4) is 11.5 Å². The Morgan fingerprint density at radius 2 is 1.97 bits per heavy atom. The van der Waals surface area contributed by atoms with Gasteiger partial charge in [0, 0.05) is 30.6 Å². The second-order valence-corrected chi connectivity index (χ2v) is 9.17. The van der Waals surface area contributed by atoms with Gasteiger partial charge in [0.1, 0.15) is 18.0 Å². The molecule has 184 valence electrons. The van der Waals surface area contributed by atoms with E-state index >= 15 is 0 Å². The molecule has 2 N–H and O–H groups in total. The summed E-state index contributed by atoms with van der Waals surface area (Å²) in [4.78, 5) is 22.8. The summed E-state index contributed by atoms with van der Waals surface area (Å²) >= 11 is 0. The molecule has 5 rings (SSSR count). The number of carbonyl (C=O) groups excluding carboxylic acids is 1. The van der Waals surface area contributed by atoms with Crippen LogP contribution in [-0.4, -0.2) is 59.7 Å². The second kappa shape index (κ2) is 10.0. The maximum atomic E-state index is 14.6. The number of hydrogen-bond acceptors (Lipinski definition) is 7. The Bertz CT molecular complexity index is 1230. The smallest absolute Gasteiger partial charge is 0.234 e. The zero-order valence-corrected chi connectivity index (χ0v) is 20.0. The highest BCUT2D eigenvalue weighted by atomic mass is 19.1. The number of ether oxygens (including phenoxy) is 2. The van der Waals surface area contributed by atoms with Crippen LogP contribution in [0.3, 0.4) is 0 Å².